The van der Waals surface area contributed by atoms with E-state index in [1.54, 1.807) is 7.11 Å². The Bertz CT molecular complexity index is 1260. The Labute approximate surface area is 188 Å². The molecule has 4 heteroatoms. The van der Waals surface area contributed by atoms with Crippen LogP contribution in [0, 0.1) is 6.92 Å². The first-order chi connectivity index (χ1) is 15.6. The molecule has 0 saturated heterocycles. The fourth-order valence-electron chi connectivity index (χ4n) is 3.97. The minimum absolute atomic E-state index is 0.315. The van der Waals surface area contributed by atoms with Crippen LogP contribution >= 0.6 is 0 Å². The van der Waals surface area contributed by atoms with Crippen LogP contribution in [0.2, 0.25) is 0 Å². The van der Waals surface area contributed by atoms with Crippen LogP contribution < -0.4 is 10.1 Å². The summed E-state index contributed by atoms with van der Waals surface area (Å²) in [4.78, 5) is 12.2. The Morgan fingerprint density at radius 2 is 1.66 bits per heavy atom. The molecule has 0 aliphatic carbocycles. The molecule has 0 aromatic heterocycles. The van der Waals surface area contributed by atoms with E-state index in [9.17, 15) is 4.79 Å². The predicted octanol–water partition coefficient (Wildman–Crippen LogP) is 5.90. The van der Waals surface area contributed by atoms with Gasteiger partial charge in [0.15, 0.2) is 0 Å². The topological polar surface area (TPSA) is 47.6 Å². The monoisotopic (exact) mass is 425 g/mol. The van der Waals surface area contributed by atoms with Crippen LogP contribution in [0.25, 0.3) is 21.9 Å². The van der Waals surface area contributed by atoms with Crippen LogP contribution in [0.15, 0.2) is 78.9 Å². The van der Waals surface area contributed by atoms with E-state index in [2.05, 4.69) is 47.8 Å². The van der Waals surface area contributed by atoms with E-state index >= 15 is 0 Å². The molecule has 4 rings (SSSR count). The number of benzene rings is 4. The van der Waals surface area contributed by atoms with E-state index in [4.69, 9.17) is 9.47 Å². The van der Waals surface area contributed by atoms with Crippen molar-refractivity contribution < 1.29 is 14.3 Å². The molecule has 0 heterocycles. The molecular formula is C28H27NO3. The Balaban J connectivity index is 1.65. The SMILES string of the molecule is COC(=O)c1cc(-c2cc(CNCc3cccc(OC)c3)cc3ccccc23)ccc1C. The van der Waals surface area contributed by atoms with Crippen molar-refractivity contribution in [1.82, 2.24) is 5.32 Å². The van der Waals surface area contributed by atoms with Crippen molar-refractivity contribution in [2.24, 2.45) is 0 Å². The molecule has 0 fully saturated rings. The number of nitrogens with one attached hydrogen (secondary N) is 1. The molecule has 1 N–H and O–H groups in total. The average molecular weight is 426 g/mol. The lowest BCUT2D eigenvalue weighted by Crippen LogP contribution is -2.12. The van der Waals surface area contributed by atoms with Gasteiger partial charge in [-0.3, -0.25) is 0 Å². The van der Waals surface area contributed by atoms with Gasteiger partial charge in [0.2, 0.25) is 0 Å². The van der Waals surface area contributed by atoms with Crippen molar-refractivity contribution in [3.8, 4) is 16.9 Å². The van der Waals surface area contributed by atoms with Gasteiger partial charge >= 0.3 is 5.97 Å². The largest absolute Gasteiger partial charge is 0.497 e. The number of hydrogen-bond donors (Lipinski definition) is 1. The molecule has 0 radical (unpaired) electrons. The smallest absolute Gasteiger partial charge is 0.338 e. The third-order valence-corrected chi connectivity index (χ3v) is 5.67. The summed E-state index contributed by atoms with van der Waals surface area (Å²) in [7, 11) is 3.10. The highest BCUT2D eigenvalue weighted by molar-refractivity contribution is 5.99. The normalized spacial score (nSPS) is 10.8. The van der Waals surface area contributed by atoms with E-state index in [0.29, 0.717) is 5.56 Å². The molecule has 0 unspecified atom stereocenters. The quantitative estimate of drug-likeness (QED) is 0.375. The van der Waals surface area contributed by atoms with Gasteiger partial charge in [0.25, 0.3) is 0 Å². The molecule has 4 aromatic rings. The van der Waals surface area contributed by atoms with Crippen LogP contribution in [0.1, 0.15) is 27.0 Å². The average Bonchev–Trinajstić information content (AvgIpc) is 2.83. The molecule has 32 heavy (non-hydrogen) atoms. The number of carbonyl (C=O) groups excluding carboxylic acids is 1. The van der Waals surface area contributed by atoms with Crippen LogP contribution in [0.5, 0.6) is 5.75 Å². The van der Waals surface area contributed by atoms with Crippen molar-refractivity contribution in [1.29, 1.82) is 0 Å². The van der Waals surface area contributed by atoms with Crippen molar-refractivity contribution in [2.45, 2.75) is 20.0 Å². The molecule has 0 bridgehead atoms. The zero-order valence-corrected chi connectivity index (χ0v) is 18.6. The molecule has 0 spiro atoms. The van der Waals surface area contributed by atoms with Gasteiger partial charge in [-0.1, -0.05) is 48.5 Å². The summed E-state index contributed by atoms with van der Waals surface area (Å²) in [6.07, 6.45) is 0. The van der Waals surface area contributed by atoms with Crippen molar-refractivity contribution >= 4 is 16.7 Å². The highest BCUT2D eigenvalue weighted by atomic mass is 16.5. The predicted molar refractivity (Wildman–Crippen MR) is 129 cm³/mol. The number of esters is 1. The minimum atomic E-state index is -0.315. The molecule has 162 valence electrons. The zero-order chi connectivity index (χ0) is 22.5. The number of carbonyl (C=O) groups is 1. The van der Waals surface area contributed by atoms with Crippen LogP contribution in [0.3, 0.4) is 0 Å². The van der Waals surface area contributed by atoms with E-state index < -0.39 is 0 Å². The molecule has 0 aliphatic heterocycles. The lowest BCUT2D eigenvalue weighted by Gasteiger charge is -2.13. The highest BCUT2D eigenvalue weighted by Gasteiger charge is 2.13. The summed E-state index contributed by atoms with van der Waals surface area (Å²) in [5, 5.41) is 5.86. The molecule has 4 aromatic carbocycles. The number of methoxy groups -OCH3 is 2. The third-order valence-electron chi connectivity index (χ3n) is 5.67. The van der Waals surface area contributed by atoms with E-state index in [1.807, 2.05) is 43.3 Å². The van der Waals surface area contributed by atoms with Crippen molar-refractivity contribution in [2.75, 3.05) is 14.2 Å². The zero-order valence-electron chi connectivity index (χ0n) is 18.6. The second-order valence-corrected chi connectivity index (χ2v) is 7.84. The summed E-state index contributed by atoms with van der Waals surface area (Å²) in [6, 6.07) is 26.8. The first-order valence-electron chi connectivity index (χ1n) is 10.6. The fraction of sp³-hybridized carbons (Fsp3) is 0.179. The fourth-order valence-corrected chi connectivity index (χ4v) is 3.97. The van der Waals surface area contributed by atoms with E-state index in [1.165, 1.54) is 23.6 Å². The minimum Gasteiger partial charge on any atom is -0.497 e. The van der Waals surface area contributed by atoms with Gasteiger partial charge < -0.3 is 14.8 Å². The summed E-state index contributed by atoms with van der Waals surface area (Å²) in [6.45, 7) is 3.40. The summed E-state index contributed by atoms with van der Waals surface area (Å²) in [5.74, 6) is 0.544. The first kappa shape index (κ1) is 21.6. The van der Waals surface area contributed by atoms with E-state index in [-0.39, 0.29) is 5.97 Å². The third kappa shape index (κ3) is 4.66. The number of aryl methyl sites for hydroxylation is 1. The number of fused-ring (bicyclic) bond motifs is 1. The van der Waals surface area contributed by atoms with Crippen molar-refractivity contribution in [3.63, 3.8) is 0 Å². The Hall–Kier alpha value is -3.63. The molecule has 0 amide bonds. The molecular weight excluding hydrogens is 398 g/mol. The second kappa shape index (κ2) is 9.67. The van der Waals surface area contributed by atoms with Gasteiger partial charge in [-0.15, -0.1) is 0 Å². The lowest BCUT2D eigenvalue weighted by molar-refractivity contribution is 0.0600. The molecule has 0 atom stereocenters. The maximum atomic E-state index is 12.2. The van der Waals surface area contributed by atoms with Crippen LogP contribution in [-0.2, 0) is 17.8 Å². The Kier molecular flexibility index (Phi) is 6.52. The summed E-state index contributed by atoms with van der Waals surface area (Å²) in [5.41, 5.74) is 5.96. The lowest BCUT2D eigenvalue weighted by atomic mass is 9.93. The summed E-state index contributed by atoms with van der Waals surface area (Å²) >= 11 is 0. The van der Waals surface area contributed by atoms with Gasteiger partial charge in [0.1, 0.15) is 5.75 Å². The van der Waals surface area contributed by atoms with Crippen LogP contribution in [-0.4, -0.2) is 20.2 Å². The van der Waals surface area contributed by atoms with Gasteiger partial charge in [-0.2, -0.15) is 0 Å². The number of hydrogen-bond acceptors (Lipinski definition) is 4. The van der Waals surface area contributed by atoms with E-state index in [0.717, 1.165) is 40.9 Å². The van der Waals surface area contributed by atoms with Gasteiger partial charge in [0.05, 0.1) is 19.8 Å². The Morgan fingerprint density at radius 1 is 0.844 bits per heavy atom. The van der Waals surface area contributed by atoms with Gasteiger partial charge in [-0.25, -0.2) is 4.79 Å². The molecule has 0 saturated carbocycles. The first-order valence-corrected chi connectivity index (χ1v) is 10.6. The number of ether oxygens (including phenoxy) is 2. The number of rotatable bonds is 7. The Morgan fingerprint density at radius 3 is 2.47 bits per heavy atom. The van der Waals surface area contributed by atoms with Crippen molar-refractivity contribution in [3.05, 3.63) is 101 Å². The highest BCUT2D eigenvalue weighted by Crippen LogP contribution is 2.32. The molecule has 4 nitrogen and oxygen atoms in total. The molecule has 0 aliphatic rings. The standard InChI is InChI=1S/C28H27NO3/c1-19-11-12-23(16-26(19)28(30)32-3)27-15-21(13-22-8-4-5-10-25(22)27)18-29-17-20-7-6-9-24(14-20)31-2/h4-16,29H,17-18H2,1-3H3. The maximum absolute atomic E-state index is 12.2. The van der Waals surface area contributed by atoms with Crippen LogP contribution in [0.4, 0.5) is 0 Å². The second-order valence-electron chi connectivity index (χ2n) is 7.84. The van der Waals surface area contributed by atoms with Gasteiger partial charge in [-0.05, 0) is 75.8 Å². The van der Waals surface area contributed by atoms with Gasteiger partial charge in [0, 0.05) is 13.1 Å². The summed E-state index contributed by atoms with van der Waals surface area (Å²) < 4.78 is 10.3. The maximum Gasteiger partial charge on any atom is 0.338 e.